The van der Waals surface area contributed by atoms with Gasteiger partial charge in [0.25, 0.3) is 0 Å². The van der Waals surface area contributed by atoms with Crippen molar-refractivity contribution in [2.45, 2.75) is 45.8 Å². The second-order valence-corrected chi connectivity index (χ2v) is 3.18. The van der Waals surface area contributed by atoms with Crippen molar-refractivity contribution in [3.05, 3.63) is 0 Å². The summed E-state index contributed by atoms with van der Waals surface area (Å²) in [5.41, 5.74) is 0. The lowest BCUT2D eigenvalue weighted by atomic mass is 10.3. The maximum atomic E-state index is 11.0. The van der Waals surface area contributed by atoms with Crippen molar-refractivity contribution in [1.82, 2.24) is 0 Å². The Morgan fingerprint density at radius 2 is 2.00 bits per heavy atom. The quantitative estimate of drug-likeness (QED) is 0.380. The Labute approximate surface area is 89.4 Å². The van der Waals surface area contributed by atoms with E-state index in [2.05, 4.69) is 0 Å². The van der Waals surface area contributed by atoms with Crippen molar-refractivity contribution in [2.24, 2.45) is 0 Å². The molecule has 0 aliphatic heterocycles. The van der Waals surface area contributed by atoms with E-state index in [0.717, 1.165) is 12.8 Å². The number of carboxylic acids is 1. The molecule has 0 radical (unpaired) electrons. The highest BCUT2D eigenvalue weighted by Crippen LogP contribution is 2.00. The fourth-order valence-electron chi connectivity index (χ4n) is 0.881. The summed E-state index contributed by atoms with van der Waals surface area (Å²) < 4.78 is 9.99. The van der Waals surface area contributed by atoms with Crippen LogP contribution in [0.1, 0.15) is 39.5 Å². The van der Waals surface area contributed by atoms with Crippen molar-refractivity contribution >= 4 is 11.9 Å². The summed E-state index contributed by atoms with van der Waals surface area (Å²) >= 11 is 0. The van der Waals surface area contributed by atoms with E-state index in [1.54, 1.807) is 6.92 Å². The third-order valence-electron chi connectivity index (χ3n) is 1.69. The molecule has 1 atom stereocenters. The first kappa shape index (κ1) is 13.9. The zero-order chi connectivity index (χ0) is 11.7. The molecule has 1 N–H and O–H groups in total. The second-order valence-electron chi connectivity index (χ2n) is 3.18. The minimum atomic E-state index is -1.01. The number of hydrogen-bond acceptors (Lipinski definition) is 4. The van der Waals surface area contributed by atoms with E-state index in [1.807, 2.05) is 6.92 Å². The lowest BCUT2D eigenvalue weighted by Crippen LogP contribution is -2.19. The molecule has 15 heavy (non-hydrogen) atoms. The van der Waals surface area contributed by atoms with Gasteiger partial charge in [0.1, 0.15) is 0 Å². The van der Waals surface area contributed by atoms with Gasteiger partial charge in [-0.15, -0.1) is 0 Å². The molecule has 1 unspecified atom stereocenters. The van der Waals surface area contributed by atoms with E-state index in [0.29, 0.717) is 6.61 Å². The molecule has 5 nitrogen and oxygen atoms in total. The van der Waals surface area contributed by atoms with Gasteiger partial charge in [0.05, 0.1) is 19.4 Å². The highest BCUT2D eigenvalue weighted by molar-refractivity contribution is 5.76. The SMILES string of the molecule is CCCCOC(C)OC(=O)CCC(=O)O. The van der Waals surface area contributed by atoms with Gasteiger partial charge in [-0.25, -0.2) is 0 Å². The molecular formula is C10H18O5. The van der Waals surface area contributed by atoms with Crippen molar-refractivity contribution in [2.75, 3.05) is 6.61 Å². The molecule has 0 fully saturated rings. The summed E-state index contributed by atoms with van der Waals surface area (Å²) in [4.78, 5) is 21.2. The van der Waals surface area contributed by atoms with Crippen LogP contribution < -0.4 is 0 Å². The Balaban J connectivity index is 3.53. The van der Waals surface area contributed by atoms with Gasteiger partial charge in [0, 0.05) is 0 Å². The third-order valence-corrected chi connectivity index (χ3v) is 1.69. The van der Waals surface area contributed by atoms with Crippen LogP contribution in [-0.2, 0) is 19.1 Å². The smallest absolute Gasteiger partial charge is 0.308 e. The first-order valence-corrected chi connectivity index (χ1v) is 5.09. The lowest BCUT2D eigenvalue weighted by Gasteiger charge is -2.13. The fraction of sp³-hybridized carbons (Fsp3) is 0.800. The van der Waals surface area contributed by atoms with E-state index in [4.69, 9.17) is 14.6 Å². The topological polar surface area (TPSA) is 72.8 Å². The molecule has 88 valence electrons. The van der Waals surface area contributed by atoms with Crippen LogP contribution in [0.2, 0.25) is 0 Å². The van der Waals surface area contributed by atoms with E-state index in [-0.39, 0.29) is 12.8 Å². The molecule has 0 aliphatic carbocycles. The largest absolute Gasteiger partial charge is 0.481 e. The molecule has 0 spiro atoms. The maximum Gasteiger partial charge on any atom is 0.308 e. The molecule has 0 saturated heterocycles. The molecular weight excluding hydrogens is 200 g/mol. The van der Waals surface area contributed by atoms with Crippen LogP contribution in [0.4, 0.5) is 0 Å². The summed E-state index contributed by atoms with van der Waals surface area (Å²) in [6.45, 7) is 4.20. The molecule has 0 heterocycles. The number of rotatable bonds is 8. The zero-order valence-electron chi connectivity index (χ0n) is 9.19. The molecule has 0 bridgehead atoms. The van der Waals surface area contributed by atoms with Gasteiger partial charge in [-0.05, 0) is 13.3 Å². The molecule has 0 rings (SSSR count). The summed E-state index contributed by atoms with van der Waals surface area (Å²) in [5.74, 6) is -1.55. The predicted molar refractivity (Wildman–Crippen MR) is 53.3 cm³/mol. The number of unbranched alkanes of at least 4 members (excludes halogenated alkanes) is 1. The van der Waals surface area contributed by atoms with Crippen molar-refractivity contribution in [3.8, 4) is 0 Å². The average molecular weight is 218 g/mol. The van der Waals surface area contributed by atoms with Crippen LogP contribution in [0, 0.1) is 0 Å². The Hall–Kier alpha value is -1.10. The van der Waals surface area contributed by atoms with E-state index < -0.39 is 18.2 Å². The Morgan fingerprint density at radius 1 is 1.33 bits per heavy atom. The standard InChI is InChI=1S/C10H18O5/c1-3-4-7-14-8(2)15-10(13)6-5-9(11)12/h8H,3-7H2,1-2H3,(H,11,12). The number of hydrogen-bond donors (Lipinski definition) is 1. The summed E-state index contributed by atoms with van der Waals surface area (Å²) in [6, 6.07) is 0. The first-order valence-electron chi connectivity index (χ1n) is 5.09. The van der Waals surface area contributed by atoms with Crippen LogP contribution in [0.5, 0.6) is 0 Å². The average Bonchev–Trinajstić information content (AvgIpc) is 2.15. The van der Waals surface area contributed by atoms with Crippen LogP contribution in [0.25, 0.3) is 0 Å². The van der Waals surface area contributed by atoms with E-state index in [9.17, 15) is 9.59 Å². The summed E-state index contributed by atoms with van der Waals surface area (Å²) in [5, 5.41) is 8.33. The molecule has 5 heteroatoms. The Morgan fingerprint density at radius 3 is 2.53 bits per heavy atom. The Kier molecular flexibility index (Phi) is 7.62. The number of ether oxygens (including phenoxy) is 2. The summed E-state index contributed by atoms with van der Waals surface area (Å²) in [7, 11) is 0. The highest BCUT2D eigenvalue weighted by Gasteiger charge is 2.10. The monoisotopic (exact) mass is 218 g/mol. The van der Waals surface area contributed by atoms with Gasteiger partial charge in [0.15, 0.2) is 6.29 Å². The molecule has 0 aliphatic rings. The lowest BCUT2D eigenvalue weighted by molar-refractivity contribution is -0.175. The number of carbonyl (C=O) groups excluding carboxylic acids is 1. The predicted octanol–water partition coefficient (Wildman–Crippen LogP) is 1.56. The number of aliphatic carboxylic acids is 1. The van der Waals surface area contributed by atoms with Gasteiger partial charge >= 0.3 is 11.9 Å². The van der Waals surface area contributed by atoms with Crippen LogP contribution in [0.15, 0.2) is 0 Å². The number of carboxylic acid groups (broad SMARTS) is 1. The van der Waals surface area contributed by atoms with Crippen LogP contribution >= 0.6 is 0 Å². The molecule has 0 saturated carbocycles. The second kappa shape index (κ2) is 8.23. The van der Waals surface area contributed by atoms with Crippen molar-refractivity contribution in [1.29, 1.82) is 0 Å². The molecule has 0 aromatic heterocycles. The molecule has 0 aromatic rings. The van der Waals surface area contributed by atoms with Gasteiger partial charge in [-0.2, -0.15) is 0 Å². The number of esters is 1. The van der Waals surface area contributed by atoms with Gasteiger partial charge in [-0.1, -0.05) is 13.3 Å². The van der Waals surface area contributed by atoms with E-state index in [1.165, 1.54) is 0 Å². The fourth-order valence-corrected chi connectivity index (χ4v) is 0.881. The van der Waals surface area contributed by atoms with E-state index >= 15 is 0 Å². The van der Waals surface area contributed by atoms with Gasteiger partial charge in [-0.3, -0.25) is 9.59 Å². The highest BCUT2D eigenvalue weighted by atomic mass is 16.7. The molecule has 0 amide bonds. The molecule has 0 aromatic carbocycles. The summed E-state index contributed by atoms with van der Waals surface area (Å²) in [6.07, 6.45) is 1.01. The minimum Gasteiger partial charge on any atom is -0.481 e. The normalized spacial score (nSPS) is 12.1. The van der Waals surface area contributed by atoms with Crippen molar-refractivity contribution < 1.29 is 24.2 Å². The minimum absolute atomic E-state index is 0.114. The van der Waals surface area contributed by atoms with Crippen LogP contribution in [-0.4, -0.2) is 29.9 Å². The third kappa shape index (κ3) is 9.21. The zero-order valence-corrected chi connectivity index (χ0v) is 9.19. The van der Waals surface area contributed by atoms with Gasteiger partial charge < -0.3 is 14.6 Å². The van der Waals surface area contributed by atoms with Crippen molar-refractivity contribution in [3.63, 3.8) is 0 Å². The number of carbonyl (C=O) groups is 2. The first-order chi connectivity index (χ1) is 7.06. The maximum absolute atomic E-state index is 11.0. The van der Waals surface area contributed by atoms with Gasteiger partial charge in [0.2, 0.25) is 0 Å². The Bertz CT molecular complexity index is 202. The van der Waals surface area contributed by atoms with Crippen LogP contribution in [0.3, 0.4) is 0 Å².